The van der Waals surface area contributed by atoms with E-state index in [0.29, 0.717) is 19.6 Å². The number of hydrogen-bond acceptors (Lipinski definition) is 5. The molecule has 0 spiro atoms. The van der Waals surface area contributed by atoms with Crippen LogP contribution in [-0.4, -0.2) is 51.9 Å². The highest BCUT2D eigenvalue weighted by Crippen LogP contribution is 2.24. The van der Waals surface area contributed by atoms with Crippen LogP contribution in [-0.2, 0) is 17.7 Å². The first-order chi connectivity index (χ1) is 11.2. The minimum absolute atomic E-state index is 0.0165. The highest BCUT2D eigenvalue weighted by Gasteiger charge is 2.36. The second kappa shape index (κ2) is 7.17. The third-order valence-corrected chi connectivity index (χ3v) is 4.28. The number of aryl methyl sites for hydroxylation is 1. The maximum atomic E-state index is 9.96. The van der Waals surface area contributed by atoms with Crippen LogP contribution in [0.25, 0.3) is 0 Å². The van der Waals surface area contributed by atoms with Crippen LogP contribution in [0.1, 0.15) is 16.7 Å². The van der Waals surface area contributed by atoms with Crippen LogP contribution in [0, 0.1) is 6.92 Å². The van der Waals surface area contributed by atoms with Crippen molar-refractivity contribution in [2.75, 3.05) is 26.3 Å². The molecule has 0 aliphatic carbocycles. The molecule has 1 N–H and O–H groups in total. The predicted octanol–water partition coefficient (Wildman–Crippen LogP) is 1.59. The molecule has 1 aliphatic rings. The van der Waals surface area contributed by atoms with Gasteiger partial charge in [0.25, 0.3) is 0 Å². The lowest BCUT2D eigenvalue weighted by Gasteiger charge is -2.42. The zero-order chi connectivity index (χ0) is 16.1. The Morgan fingerprint density at radius 1 is 1.17 bits per heavy atom. The van der Waals surface area contributed by atoms with E-state index in [1.54, 1.807) is 0 Å². The maximum Gasteiger partial charge on any atom is 0.115 e. The van der Waals surface area contributed by atoms with Crippen molar-refractivity contribution in [3.63, 3.8) is 0 Å². The molecule has 5 nitrogen and oxygen atoms in total. The Bertz CT molecular complexity index is 618. The van der Waals surface area contributed by atoms with E-state index in [9.17, 15) is 5.11 Å². The zero-order valence-electron chi connectivity index (χ0n) is 13.5. The smallest absolute Gasteiger partial charge is 0.115 e. The fraction of sp³-hybridized carbons (Fsp3) is 0.444. The van der Waals surface area contributed by atoms with Crippen LogP contribution in [0.4, 0.5) is 0 Å². The van der Waals surface area contributed by atoms with E-state index in [-0.39, 0.29) is 6.61 Å². The quantitative estimate of drug-likeness (QED) is 0.908. The lowest BCUT2D eigenvalue weighted by Crippen LogP contribution is -2.55. The minimum Gasteiger partial charge on any atom is -0.393 e. The highest BCUT2D eigenvalue weighted by atomic mass is 16.5. The summed E-state index contributed by atoms with van der Waals surface area (Å²) in [4.78, 5) is 10.4. The fourth-order valence-corrected chi connectivity index (χ4v) is 3.06. The number of morpholine rings is 1. The number of nitrogens with zero attached hydrogens (tertiary/aromatic N) is 3. The van der Waals surface area contributed by atoms with Gasteiger partial charge in [-0.05, 0) is 12.5 Å². The van der Waals surface area contributed by atoms with Gasteiger partial charge in [0.1, 0.15) is 11.9 Å². The van der Waals surface area contributed by atoms with Crippen LogP contribution >= 0.6 is 0 Å². The topological polar surface area (TPSA) is 58.5 Å². The number of aliphatic hydroxyl groups excluding tert-OH is 1. The number of aromatic nitrogens is 2. The largest absolute Gasteiger partial charge is 0.393 e. The van der Waals surface area contributed by atoms with E-state index >= 15 is 0 Å². The lowest BCUT2D eigenvalue weighted by atomic mass is 9.92. The van der Waals surface area contributed by atoms with Crippen molar-refractivity contribution in [2.24, 2.45) is 0 Å². The number of ether oxygens (including phenoxy) is 1. The van der Waals surface area contributed by atoms with E-state index in [1.807, 2.05) is 12.4 Å². The molecule has 23 heavy (non-hydrogen) atoms. The molecule has 1 aliphatic heterocycles. The molecule has 0 unspecified atom stereocenters. The Morgan fingerprint density at radius 2 is 1.91 bits per heavy atom. The Kier molecular flexibility index (Phi) is 5.00. The summed E-state index contributed by atoms with van der Waals surface area (Å²) in [5, 5.41) is 9.96. The Hall–Kier alpha value is -1.82. The molecule has 0 saturated carbocycles. The van der Waals surface area contributed by atoms with Gasteiger partial charge >= 0.3 is 0 Å². The summed E-state index contributed by atoms with van der Waals surface area (Å²) < 4.78 is 5.99. The fourth-order valence-electron chi connectivity index (χ4n) is 3.06. The summed E-state index contributed by atoms with van der Waals surface area (Å²) in [6.45, 7) is 5.05. The Balaban J connectivity index is 1.69. The van der Waals surface area contributed by atoms with Gasteiger partial charge in [-0.3, -0.25) is 4.90 Å². The number of hydrogen-bond donors (Lipinski definition) is 1. The first-order valence-electron chi connectivity index (χ1n) is 7.96. The molecule has 2 heterocycles. The molecule has 1 atom stereocenters. The summed E-state index contributed by atoms with van der Waals surface area (Å²) in [6.07, 6.45) is 5.93. The van der Waals surface area contributed by atoms with E-state index in [2.05, 4.69) is 46.1 Å². The summed E-state index contributed by atoms with van der Waals surface area (Å²) >= 11 is 0. The van der Waals surface area contributed by atoms with E-state index in [4.69, 9.17) is 4.74 Å². The SMILES string of the molecule is Cc1ccc(C[C@]2(CO)CN(Cc3cncnc3)CCO2)cc1. The monoisotopic (exact) mass is 313 g/mol. The van der Waals surface area contributed by atoms with Crippen molar-refractivity contribution < 1.29 is 9.84 Å². The van der Waals surface area contributed by atoms with Crippen molar-refractivity contribution in [3.8, 4) is 0 Å². The second-order valence-electron chi connectivity index (χ2n) is 6.31. The molecule has 0 amide bonds. The van der Waals surface area contributed by atoms with Crippen LogP contribution in [0.5, 0.6) is 0 Å². The van der Waals surface area contributed by atoms with Crippen molar-refractivity contribution >= 4 is 0 Å². The van der Waals surface area contributed by atoms with Gasteiger partial charge in [-0.15, -0.1) is 0 Å². The van der Waals surface area contributed by atoms with Gasteiger partial charge in [-0.2, -0.15) is 0 Å². The second-order valence-corrected chi connectivity index (χ2v) is 6.31. The molecule has 122 valence electrons. The van der Waals surface area contributed by atoms with E-state index < -0.39 is 5.60 Å². The van der Waals surface area contributed by atoms with Gasteiger partial charge in [0.05, 0.1) is 13.2 Å². The normalized spacial score (nSPS) is 22.2. The number of rotatable bonds is 5. The van der Waals surface area contributed by atoms with Crippen molar-refractivity contribution in [1.82, 2.24) is 14.9 Å². The maximum absolute atomic E-state index is 9.96. The van der Waals surface area contributed by atoms with Gasteiger partial charge in [0.15, 0.2) is 0 Å². The molecule has 0 bridgehead atoms. The van der Waals surface area contributed by atoms with Gasteiger partial charge in [-0.1, -0.05) is 29.8 Å². The molecule has 1 saturated heterocycles. The van der Waals surface area contributed by atoms with Gasteiger partial charge in [0.2, 0.25) is 0 Å². The van der Waals surface area contributed by atoms with Crippen molar-refractivity contribution in [3.05, 3.63) is 59.7 Å². The number of benzene rings is 1. The molecule has 5 heteroatoms. The molecule has 1 aromatic heterocycles. The summed E-state index contributed by atoms with van der Waals surface area (Å²) in [5.74, 6) is 0. The molecule has 3 rings (SSSR count). The third kappa shape index (κ3) is 4.13. The molecule has 2 aromatic rings. The average molecular weight is 313 g/mol. The predicted molar refractivity (Wildman–Crippen MR) is 88.0 cm³/mol. The first kappa shape index (κ1) is 16.1. The van der Waals surface area contributed by atoms with Crippen LogP contribution in [0.3, 0.4) is 0 Å². The standard InChI is InChI=1S/C18H23N3O2/c1-15-2-4-16(5-3-15)8-18(13-22)12-21(6-7-23-18)11-17-9-19-14-20-10-17/h2-5,9-10,14,22H,6-8,11-13H2,1H3/t18-/m1/s1. The van der Waals surface area contributed by atoms with Crippen LogP contribution in [0.15, 0.2) is 43.0 Å². The minimum atomic E-state index is -0.539. The number of aliphatic hydroxyl groups is 1. The molecular weight excluding hydrogens is 290 g/mol. The molecule has 0 radical (unpaired) electrons. The summed E-state index contributed by atoms with van der Waals surface area (Å²) in [7, 11) is 0. The zero-order valence-corrected chi connectivity index (χ0v) is 13.5. The first-order valence-corrected chi connectivity index (χ1v) is 7.96. The third-order valence-electron chi connectivity index (χ3n) is 4.28. The van der Waals surface area contributed by atoms with E-state index in [1.165, 1.54) is 17.5 Å². The van der Waals surface area contributed by atoms with Crippen LogP contribution in [0.2, 0.25) is 0 Å². The van der Waals surface area contributed by atoms with Gasteiger partial charge in [0, 0.05) is 44.0 Å². The van der Waals surface area contributed by atoms with Gasteiger partial charge < -0.3 is 9.84 Å². The molecular formula is C18H23N3O2. The van der Waals surface area contributed by atoms with Crippen LogP contribution < -0.4 is 0 Å². The highest BCUT2D eigenvalue weighted by molar-refractivity contribution is 5.23. The molecule has 1 aromatic carbocycles. The average Bonchev–Trinajstić information content (AvgIpc) is 2.58. The summed E-state index contributed by atoms with van der Waals surface area (Å²) in [5.41, 5.74) is 2.97. The lowest BCUT2D eigenvalue weighted by molar-refractivity contribution is -0.134. The van der Waals surface area contributed by atoms with Crippen molar-refractivity contribution in [2.45, 2.75) is 25.5 Å². The Morgan fingerprint density at radius 3 is 2.61 bits per heavy atom. The summed E-state index contributed by atoms with van der Waals surface area (Å²) in [6, 6.07) is 8.42. The molecule has 1 fully saturated rings. The van der Waals surface area contributed by atoms with Gasteiger partial charge in [-0.25, -0.2) is 9.97 Å². The Labute approximate surface area is 137 Å². The van der Waals surface area contributed by atoms with Crippen molar-refractivity contribution in [1.29, 1.82) is 0 Å². The van der Waals surface area contributed by atoms with E-state index in [0.717, 1.165) is 18.7 Å².